The minimum atomic E-state index is -1.23. The van der Waals surface area contributed by atoms with Crippen LogP contribution in [0.15, 0.2) is 30.7 Å². The Labute approximate surface area is 131 Å². The van der Waals surface area contributed by atoms with E-state index in [1.165, 1.54) is 23.0 Å². The topological polar surface area (TPSA) is 52.9 Å². The van der Waals surface area contributed by atoms with Crippen LogP contribution in [-0.4, -0.2) is 18.9 Å². The second-order valence-corrected chi connectivity index (χ2v) is 8.02. The summed E-state index contributed by atoms with van der Waals surface area (Å²) in [6.45, 7) is 7.44. The first-order valence-corrected chi connectivity index (χ1v) is 8.01. The second-order valence-electron chi connectivity index (χ2n) is 6.02. The van der Waals surface area contributed by atoms with Crippen molar-refractivity contribution in [3.63, 3.8) is 0 Å². The number of nitrogens with one attached hydrogen (secondary N) is 1. The van der Waals surface area contributed by atoms with Gasteiger partial charge >= 0.3 is 0 Å². The van der Waals surface area contributed by atoms with Gasteiger partial charge < -0.3 is 9.12 Å². The highest BCUT2D eigenvalue weighted by Crippen LogP contribution is 2.20. The molecule has 0 aliphatic heterocycles. The van der Waals surface area contributed by atoms with E-state index in [-0.39, 0.29) is 16.5 Å². The van der Waals surface area contributed by atoms with Gasteiger partial charge in [0.1, 0.15) is 16.4 Å². The quantitative estimate of drug-likeness (QED) is 0.877. The van der Waals surface area contributed by atoms with E-state index in [1.54, 1.807) is 6.20 Å². The Hall–Kier alpha value is -1.44. The van der Waals surface area contributed by atoms with Crippen LogP contribution in [0.4, 0.5) is 8.78 Å². The van der Waals surface area contributed by atoms with E-state index >= 15 is 0 Å². The van der Waals surface area contributed by atoms with Gasteiger partial charge in [0.05, 0.1) is 23.8 Å². The third kappa shape index (κ3) is 3.85. The number of nitrogens with zero attached hydrogens (tertiary/aromatic N) is 2. The van der Waals surface area contributed by atoms with Gasteiger partial charge in [-0.25, -0.2) is 13.8 Å². The molecule has 0 amide bonds. The molecule has 2 rings (SSSR count). The molecule has 2 atom stereocenters. The zero-order valence-corrected chi connectivity index (χ0v) is 13.7. The van der Waals surface area contributed by atoms with Gasteiger partial charge in [0.25, 0.3) is 0 Å². The summed E-state index contributed by atoms with van der Waals surface area (Å²) in [5.41, 5.74) is 0.839. The summed E-state index contributed by atoms with van der Waals surface area (Å²) in [5, 5.41) is 0. The average Bonchev–Trinajstić information content (AvgIpc) is 2.87. The lowest BCUT2D eigenvalue weighted by Gasteiger charge is -2.25. The van der Waals surface area contributed by atoms with Gasteiger partial charge in [-0.2, -0.15) is 0 Å². The van der Waals surface area contributed by atoms with E-state index in [2.05, 4.69) is 9.71 Å². The number of rotatable bonds is 4. The van der Waals surface area contributed by atoms with Crippen LogP contribution in [0, 0.1) is 11.6 Å². The van der Waals surface area contributed by atoms with Crippen LogP contribution in [0.2, 0.25) is 0 Å². The third-order valence-corrected chi connectivity index (χ3v) is 4.75. The van der Waals surface area contributed by atoms with Gasteiger partial charge in [-0.15, -0.1) is 4.72 Å². The molecule has 0 bridgehead atoms. The zero-order chi connectivity index (χ0) is 16.5. The molecule has 0 unspecified atom stereocenters. The van der Waals surface area contributed by atoms with Crippen LogP contribution in [0.1, 0.15) is 39.4 Å². The molecular weight excluding hydrogens is 308 g/mol. The van der Waals surface area contributed by atoms with Crippen molar-refractivity contribution in [2.45, 2.75) is 38.5 Å². The Morgan fingerprint density at radius 2 is 2.00 bits per heavy atom. The summed E-state index contributed by atoms with van der Waals surface area (Å²) in [5.74, 6) is -1.29. The molecule has 0 radical (unpaired) electrons. The fourth-order valence-electron chi connectivity index (χ4n) is 1.78. The molecule has 0 saturated heterocycles. The first kappa shape index (κ1) is 16.9. The zero-order valence-electron chi connectivity index (χ0n) is 12.9. The summed E-state index contributed by atoms with van der Waals surface area (Å²) < 4.78 is 42.8. The van der Waals surface area contributed by atoms with Gasteiger partial charge in [-0.3, -0.25) is 0 Å². The number of hydrogen-bond acceptors (Lipinski definition) is 3. The minimum Gasteiger partial charge on any atom is -0.598 e. The molecule has 2 aromatic rings. The van der Waals surface area contributed by atoms with Crippen LogP contribution in [0.25, 0.3) is 5.69 Å². The third-order valence-electron chi connectivity index (χ3n) is 3.07. The molecule has 120 valence electrons. The van der Waals surface area contributed by atoms with E-state index < -0.39 is 23.0 Å². The Morgan fingerprint density at radius 1 is 1.32 bits per heavy atom. The van der Waals surface area contributed by atoms with Crippen LogP contribution in [-0.2, 0) is 11.4 Å². The van der Waals surface area contributed by atoms with Gasteiger partial charge in [0.2, 0.25) is 0 Å². The number of halogens is 2. The minimum absolute atomic E-state index is 0.212. The SMILES string of the molecule is C[C@H](N[S@@+]([O-])C(C)(C)C)c1cn(-c2ccc(F)cc2F)cn1. The Bertz CT molecular complexity index is 654. The van der Waals surface area contributed by atoms with Crippen LogP contribution in [0.5, 0.6) is 0 Å². The molecule has 1 N–H and O–H groups in total. The summed E-state index contributed by atoms with van der Waals surface area (Å²) in [6.07, 6.45) is 3.08. The lowest BCUT2D eigenvalue weighted by Crippen LogP contribution is -2.40. The second kappa shape index (κ2) is 6.36. The summed E-state index contributed by atoms with van der Waals surface area (Å²) >= 11 is -1.23. The molecule has 4 nitrogen and oxygen atoms in total. The predicted molar refractivity (Wildman–Crippen MR) is 82.9 cm³/mol. The smallest absolute Gasteiger partial charge is 0.150 e. The van der Waals surface area contributed by atoms with Gasteiger partial charge in [-0.1, -0.05) is 0 Å². The molecule has 1 aromatic carbocycles. The van der Waals surface area contributed by atoms with Crippen molar-refractivity contribution in [2.24, 2.45) is 0 Å². The van der Waals surface area contributed by atoms with Crippen molar-refractivity contribution in [2.75, 3.05) is 0 Å². The van der Waals surface area contributed by atoms with Gasteiger partial charge in [-0.05, 0) is 39.8 Å². The van der Waals surface area contributed by atoms with Crippen LogP contribution < -0.4 is 4.72 Å². The molecule has 0 aliphatic rings. The van der Waals surface area contributed by atoms with E-state index in [1.807, 2.05) is 27.7 Å². The molecular formula is C15H19F2N3OS. The van der Waals surface area contributed by atoms with E-state index in [4.69, 9.17) is 0 Å². The molecule has 0 saturated carbocycles. The maximum absolute atomic E-state index is 13.8. The standard InChI is InChI=1S/C15H19F2N3OS/c1-10(19-22(21)15(2,3)4)13-8-20(9-18-13)14-6-5-11(16)7-12(14)17/h5-10,19H,1-4H3/t10-,22-/m0/s1. The van der Waals surface area contributed by atoms with Crippen molar-refractivity contribution >= 4 is 11.4 Å². The normalized spacial score (nSPS) is 14.9. The Balaban J connectivity index is 2.17. The molecule has 22 heavy (non-hydrogen) atoms. The number of aromatic nitrogens is 2. The highest BCUT2D eigenvalue weighted by Gasteiger charge is 2.29. The van der Waals surface area contributed by atoms with Crippen molar-refractivity contribution in [3.05, 3.63) is 48.1 Å². The molecule has 7 heteroatoms. The summed E-state index contributed by atoms with van der Waals surface area (Å²) in [7, 11) is 0. The molecule has 0 fully saturated rings. The molecule has 1 heterocycles. The Kier molecular flexibility index (Phi) is 4.89. The number of benzene rings is 1. The highest BCUT2D eigenvalue weighted by atomic mass is 32.2. The first-order valence-electron chi connectivity index (χ1n) is 6.86. The maximum Gasteiger partial charge on any atom is 0.150 e. The van der Waals surface area contributed by atoms with Gasteiger partial charge in [0, 0.05) is 23.6 Å². The van der Waals surface area contributed by atoms with Crippen molar-refractivity contribution in [3.8, 4) is 5.69 Å². The highest BCUT2D eigenvalue weighted by molar-refractivity contribution is 7.90. The van der Waals surface area contributed by atoms with Crippen molar-refractivity contribution < 1.29 is 13.3 Å². The molecule has 0 spiro atoms. The van der Waals surface area contributed by atoms with E-state index in [0.717, 1.165) is 6.07 Å². The summed E-state index contributed by atoms with van der Waals surface area (Å²) in [6, 6.07) is 3.10. The van der Waals surface area contributed by atoms with Gasteiger partial charge in [0.15, 0.2) is 0 Å². The first-order chi connectivity index (χ1) is 10.2. The predicted octanol–water partition coefficient (Wildman–Crippen LogP) is 3.26. The average molecular weight is 327 g/mol. The van der Waals surface area contributed by atoms with Crippen LogP contribution in [0.3, 0.4) is 0 Å². The Morgan fingerprint density at radius 3 is 2.59 bits per heavy atom. The lowest BCUT2D eigenvalue weighted by molar-refractivity contribution is 0.529. The molecule has 1 aromatic heterocycles. The largest absolute Gasteiger partial charge is 0.598 e. The van der Waals surface area contributed by atoms with Crippen molar-refractivity contribution in [1.29, 1.82) is 0 Å². The van der Waals surface area contributed by atoms with E-state index in [9.17, 15) is 13.3 Å². The molecule has 0 aliphatic carbocycles. The lowest BCUT2D eigenvalue weighted by atomic mass is 10.2. The van der Waals surface area contributed by atoms with E-state index in [0.29, 0.717) is 5.69 Å². The summed E-state index contributed by atoms with van der Waals surface area (Å²) in [4.78, 5) is 4.20. The fourth-order valence-corrected chi connectivity index (χ4v) is 2.58. The van der Waals surface area contributed by atoms with Crippen LogP contribution >= 0.6 is 0 Å². The fraction of sp³-hybridized carbons (Fsp3) is 0.400. The van der Waals surface area contributed by atoms with Crippen molar-refractivity contribution in [1.82, 2.24) is 14.3 Å². The number of hydrogen-bond donors (Lipinski definition) is 1. The number of imidazole rings is 1. The maximum atomic E-state index is 13.8. The monoisotopic (exact) mass is 327 g/mol.